The third-order valence-electron chi connectivity index (χ3n) is 5.02. The van der Waals surface area contributed by atoms with Gasteiger partial charge in [0.2, 0.25) is 0 Å². The van der Waals surface area contributed by atoms with E-state index in [0.29, 0.717) is 16.1 Å². The molecule has 0 radical (unpaired) electrons. The Morgan fingerprint density at radius 2 is 1.90 bits per heavy atom. The van der Waals surface area contributed by atoms with Crippen LogP contribution in [0.25, 0.3) is 0 Å². The van der Waals surface area contributed by atoms with Crippen LogP contribution in [0.3, 0.4) is 0 Å². The van der Waals surface area contributed by atoms with E-state index in [9.17, 15) is 0 Å². The summed E-state index contributed by atoms with van der Waals surface area (Å²) in [5.74, 6) is 2.47. The second-order valence-electron chi connectivity index (χ2n) is 6.38. The van der Waals surface area contributed by atoms with E-state index in [1.807, 2.05) is 12.1 Å². The van der Waals surface area contributed by atoms with Gasteiger partial charge in [-0.1, -0.05) is 49.5 Å². The van der Waals surface area contributed by atoms with Crippen LogP contribution in [0.4, 0.5) is 0 Å². The van der Waals surface area contributed by atoms with Crippen LogP contribution in [0.5, 0.6) is 0 Å². The molecule has 2 rings (SSSR count). The lowest BCUT2D eigenvalue weighted by Crippen LogP contribution is -2.39. The molecule has 1 aromatic rings. The first-order chi connectivity index (χ1) is 9.51. The van der Waals surface area contributed by atoms with Crippen molar-refractivity contribution in [2.24, 2.45) is 17.8 Å². The Hall–Kier alpha value is -0.240. The van der Waals surface area contributed by atoms with Crippen LogP contribution in [-0.4, -0.2) is 13.1 Å². The van der Waals surface area contributed by atoms with E-state index < -0.39 is 0 Å². The highest BCUT2D eigenvalue weighted by atomic mass is 35.5. The predicted octanol–water partition coefficient (Wildman–Crippen LogP) is 5.20. The van der Waals surface area contributed by atoms with Gasteiger partial charge >= 0.3 is 0 Å². The van der Waals surface area contributed by atoms with Crippen LogP contribution in [0, 0.1) is 17.8 Å². The fraction of sp³-hybridized carbons (Fsp3) is 0.647. The molecule has 0 saturated heterocycles. The van der Waals surface area contributed by atoms with E-state index in [0.717, 1.165) is 24.2 Å². The zero-order valence-corrected chi connectivity index (χ0v) is 14.1. The summed E-state index contributed by atoms with van der Waals surface area (Å²) in [5, 5.41) is 4.81. The van der Waals surface area contributed by atoms with Crippen molar-refractivity contribution in [3.8, 4) is 0 Å². The molecule has 0 heterocycles. The maximum atomic E-state index is 6.12. The Morgan fingerprint density at radius 3 is 2.50 bits per heavy atom. The van der Waals surface area contributed by atoms with E-state index in [2.05, 4.69) is 32.3 Å². The second-order valence-corrected chi connectivity index (χ2v) is 7.19. The number of rotatable bonds is 4. The van der Waals surface area contributed by atoms with Crippen LogP contribution in [0.15, 0.2) is 18.2 Å². The van der Waals surface area contributed by atoms with E-state index >= 15 is 0 Å². The van der Waals surface area contributed by atoms with Gasteiger partial charge in [-0.15, -0.1) is 0 Å². The highest BCUT2D eigenvalue weighted by Gasteiger charge is 2.29. The first-order valence-corrected chi connectivity index (χ1v) is 8.38. The van der Waals surface area contributed by atoms with Crippen molar-refractivity contribution in [2.45, 2.75) is 45.6 Å². The normalized spacial score (nSPS) is 28.4. The highest BCUT2D eigenvalue weighted by Crippen LogP contribution is 2.36. The zero-order chi connectivity index (χ0) is 14.7. The van der Waals surface area contributed by atoms with Crippen LogP contribution in [0.2, 0.25) is 10.0 Å². The molecule has 4 atom stereocenters. The van der Waals surface area contributed by atoms with E-state index in [1.165, 1.54) is 24.8 Å². The quantitative estimate of drug-likeness (QED) is 0.806. The molecule has 0 aromatic heterocycles. The van der Waals surface area contributed by atoms with Crippen LogP contribution >= 0.6 is 23.2 Å². The monoisotopic (exact) mass is 313 g/mol. The summed E-state index contributed by atoms with van der Waals surface area (Å²) in [4.78, 5) is 0. The molecular weight excluding hydrogens is 289 g/mol. The Morgan fingerprint density at radius 1 is 1.15 bits per heavy atom. The minimum atomic E-state index is 0.530. The molecule has 1 nitrogen and oxygen atoms in total. The molecule has 0 bridgehead atoms. The van der Waals surface area contributed by atoms with Gasteiger partial charge in [0.1, 0.15) is 0 Å². The Kier molecular flexibility index (Phi) is 5.77. The molecule has 20 heavy (non-hydrogen) atoms. The molecule has 4 unspecified atom stereocenters. The van der Waals surface area contributed by atoms with Gasteiger partial charge in [0.25, 0.3) is 0 Å². The third-order valence-corrected chi connectivity index (χ3v) is 5.76. The van der Waals surface area contributed by atoms with Gasteiger partial charge in [0.05, 0.1) is 10.0 Å². The topological polar surface area (TPSA) is 12.0 Å². The number of nitrogens with one attached hydrogen (secondary N) is 1. The molecule has 1 saturated carbocycles. The average molecular weight is 314 g/mol. The average Bonchev–Trinajstić information content (AvgIpc) is 2.43. The molecule has 0 aliphatic heterocycles. The largest absolute Gasteiger partial charge is 0.316 e. The molecule has 1 aromatic carbocycles. The van der Waals surface area contributed by atoms with Crippen molar-refractivity contribution in [1.82, 2.24) is 5.32 Å². The lowest BCUT2D eigenvalue weighted by Gasteiger charge is -2.36. The van der Waals surface area contributed by atoms with Gasteiger partial charge in [-0.25, -0.2) is 0 Å². The van der Waals surface area contributed by atoms with Crippen molar-refractivity contribution in [3.63, 3.8) is 0 Å². The fourth-order valence-corrected chi connectivity index (χ4v) is 3.70. The number of hydrogen-bond acceptors (Lipinski definition) is 1. The summed E-state index contributed by atoms with van der Waals surface area (Å²) in [7, 11) is 2.07. The molecule has 112 valence electrons. The zero-order valence-electron chi connectivity index (χ0n) is 12.6. The van der Waals surface area contributed by atoms with Gasteiger partial charge in [0.15, 0.2) is 0 Å². The number of halogens is 2. The molecular formula is C17H25Cl2N. The van der Waals surface area contributed by atoms with Gasteiger partial charge in [-0.2, -0.15) is 0 Å². The van der Waals surface area contributed by atoms with Crippen molar-refractivity contribution in [1.29, 1.82) is 0 Å². The van der Waals surface area contributed by atoms with Crippen molar-refractivity contribution in [2.75, 3.05) is 7.05 Å². The Bertz CT molecular complexity index is 447. The molecule has 0 spiro atoms. The molecule has 1 aliphatic carbocycles. The van der Waals surface area contributed by atoms with E-state index in [1.54, 1.807) is 0 Å². The van der Waals surface area contributed by atoms with E-state index in [-0.39, 0.29) is 0 Å². The SMILES string of the molecule is CNC(Cc1ccc(Cl)c(Cl)c1)C1CCC(C)C(C)C1. The lowest BCUT2D eigenvalue weighted by molar-refractivity contribution is 0.173. The Balaban J connectivity index is 2.03. The van der Waals surface area contributed by atoms with Gasteiger partial charge in [-0.3, -0.25) is 0 Å². The summed E-state index contributed by atoms with van der Waals surface area (Å²) in [6.07, 6.45) is 5.04. The molecule has 1 N–H and O–H groups in total. The first-order valence-electron chi connectivity index (χ1n) is 7.62. The molecule has 1 fully saturated rings. The summed E-state index contributed by atoms with van der Waals surface area (Å²) < 4.78 is 0. The van der Waals surface area contributed by atoms with E-state index in [4.69, 9.17) is 23.2 Å². The summed E-state index contributed by atoms with van der Waals surface area (Å²) in [5.41, 5.74) is 1.27. The maximum absolute atomic E-state index is 6.12. The number of benzene rings is 1. The standard InChI is InChI=1S/C17H25Cl2N/c1-11-4-6-14(8-12(11)2)17(20-3)10-13-5-7-15(18)16(19)9-13/h5,7,9,11-12,14,17,20H,4,6,8,10H2,1-3H3. The van der Waals surface area contributed by atoms with Crippen molar-refractivity contribution >= 4 is 23.2 Å². The number of hydrogen-bond donors (Lipinski definition) is 1. The summed E-state index contributed by atoms with van der Waals surface area (Å²) >= 11 is 12.1. The van der Waals surface area contributed by atoms with Gasteiger partial charge < -0.3 is 5.32 Å². The van der Waals surface area contributed by atoms with Gasteiger partial charge in [-0.05, 0) is 61.8 Å². The van der Waals surface area contributed by atoms with Crippen LogP contribution < -0.4 is 5.32 Å². The molecule has 3 heteroatoms. The smallest absolute Gasteiger partial charge is 0.0595 e. The second kappa shape index (κ2) is 7.15. The van der Waals surface area contributed by atoms with Gasteiger partial charge in [0, 0.05) is 6.04 Å². The van der Waals surface area contributed by atoms with Crippen LogP contribution in [0.1, 0.15) is 38.7 Å². The number of likely N-dealkylation sites (N-methyl/N-ethyl adjacent to an activating group) is 1. The maximum Gasteiger partial charge on any atom is 0.0595 e. The first kappa shape index (κ1) is 16.1. The van der Waals surface area contributed by atoms with Crippen molar-refractivity contribution in [3.05, 3.63) is 33.8 Å². The van der Waals surface area contributed by atoms with Crippen molar-refractivity contribution < 1.29 is 0 Å². The van der Waals surface area contributed by atoms with Crippen LogP contribution in [-0.2, 0) is 6.42 Å². The summed E-state index contributed by atoms with van der Waals surface area (Å²) in [6.45, 7) is 4.77. The lowest BCUT2D eigenvalue weighted by atomic mass is 9.72. The summed E-state index contributed by atoms with van der Waals surface area (Å²) in [6, 6.07) is 6.52. The third kappa shape index (κ3) is 3.90. The molecule has 0 amide bonds. The minimum Gasteiger partial charge on any atom is -0.316 e. The predicted molar refractivity (Wildman–Crippen MR) is 88.7 cm³/mol. The molecule has 1 aliphatic rings. The Labute approximate surface area is 133 Å². The minimum absolute atomic E-state index is 0.530. The highest BCUT2D eigenvalue weighted by molar-refractivity contribution is 6.42. The fourth-order valence-electron chi connectivity index (χ4n) is 3.38.